The summed E-state index contributed by atoms with van der Waals surface area (Å²) in [6.45, 7) is 3.24. The van der Waals surface area contributed by atoms with E-state index in [9.17, 15) is 9.59 Å². The summed E-state index contributed by atoms with van der Waals surface area (Å²) in [5, 5.41) is 2.93. The Labute approximate surface area is 181 Å². The first-order chi connectivity index (χ1) is 15.2. The molecule has 1 aromatic carbocycles. The number of aromatic nitrogens is 1. The minimum Gasteiger partial charge on any atom is -0.487 e. The number of anilines is 1. The third-order valence-electron chi connectivity index (χ3n) is 6.10. The molecule has 1 atom stereocenters. The zero-order chi connectivity index (χ0) is 21.2. The predicted octanol–water partition coefficient (Wildman–Crippen LogP) is 2.48. The van der Waals surface area contributed by atoms with Crippen LogP contribution in [-0.4, -0.2) is 71.7 Å². The van der Waals surface area contributed by atoms with Gasteiger partial charge in [-0.1, -0.05) is 6.07 Å². The Bertz CT molecular complexity index is 918. The molecule has 0 spiro atoms. The zero-order valence-electron chi connectivity index (χ0n) is 17.3. The maximum Gasteiger partial charge on any atom is 0.321 e. The first kappa shape index (κ1) is 19.8. The van der Waals surface area contributed by atoms with Gasteiger partial charge in [-0.2, -0.15) is 0 Å². The molecular formula is C23H26N4O4. The van der Waals surface area contributed by atoms with Crippen molar-refractivity contribution in [3.05, 3.63) is 54.4 Å². The van der Waals surface area contributed by atoms with Crippen molar-refractivity contribution in [2.24, 2.45) is 0 Å². The molecule has 0 bridgehead atoms. The fraction of sp³-hybridized carbons (Fsp3) is 0.435. The van der Waals surface area contributed by atoms with Crippen LogP contribution >= 0.6 is 0 Å². The Balaban J connectivity index is 1.05. The van der Waals surface area contributed by atoms with Gasteiger partial charge in [-0.05, 0) is 48.7 Å². The molecule has 8 nitrogen and oxygen atoms in total. The highest BCUT2D eigenvalue weighted by Gasteiger charge is 2.37. The molecule has 0 saturated carbocycles. The minimum absolute atomic E-state index is 0.00343. The van der Waals surface area contributed by atoms with E-state index in [1.54, 1.807) is 16.0 Å². The summed E-state index contributed by atoms with van der Waals surface area (Å²) in [7, 11) is 0. The van der Waals surface area contributed by atoms with Gasteiger partial charge >= 0.3 is 6.03 Å². The number of carbonyl (C=O) groups excluding carboxylic acids is 2. The van der Waals surface area contributed by atoms with Crippen LogP contribution in [0.25, 0.3) is 0 Å². The number of nitrogens with one attached hydrogen (secondary N) is 1. The van der Waals surface area contributed by atoms with Gasteiger partial charge in [-0.3, -0.25) is 9.78 Å². The topological polar surface area (TPSA) is 84.0 Å². The van der Waals surface area contributed by atoms with E-state index >= 15 is 0 Å². The average Bonchev–Trinajstić information content (AvgIpc) is 3.26. The fourth-order valence-corrected chi connectivity index (χ4v) is 4.15. The smallest absolute Gasteiger partial charge is 0.321 e. The Kier molecular flexibility index (Phi) is 5.46. The van der Waals surface area contributed by atoms with Crippen molar-refractivity contribution in [1.29, 1.82) is 0 Å². The van der Waals surface area contributed by atoms with Gasteiger partial charge in [-0.25, -0.2) is 4.79 Å². The van der Waals surface area contributed by atoms with E-state index in [2.05, 4.69) is 10.3 Å². The maximum atomic E-state index is 12.4. The molecule has 0 unspecified atom stereocenters. The Hall–Kier alpha value is -3.13. The predicted molar refractivity (Wildman–Crippen MR) is 114 cm³/mol. The lowest BCUT2D eigenvalue weighted by Gasteiger charge is -2.40. The maximum absolute atomic E-state index is 12.4. The highest BCUT2D eigenvalue weighted by atomic mass is 16.5. The summed E-state index contributed by atoms with van der Waals surface area (Å²) in [6.07, 6.45) is 5.11. The van der Waals surface area contributed by atoms with Crippen molar-refractivity contribution in [2.75, 3.05) is 38.1 Å². The number of carbonyl (C=O) groups is 2. The normalized spacial score (nSPS) is 21.4. The summed E-state index contributed by atoms with van der Waals surface area (Å²) >= 11 is 0. The van der Waals surface area contributed by atoms with Crippen LogP contribution in [0.4, 0.5) is 10.5 Å². The number of rotatable bonds is 5. The number of pyridine rings is 1. The van der Waals surface area contributed by atoms with Gasteiger partial charge in [0.15, 0.2) is 0 Å². The van der Waals surface area contributed by atoms with E-state index in [0.717, 1.165) is 24.3 Å². The molecule has 3 aliphatic rings. The summed E-state index contributed by atoms with van der Waals surface area (Å²) in [5.74, 6) is 1.16. The van der Waals surface area contributed by atoms with Crippen LogP contribution in [0.5, 0.6) is 5.75 Å². The molecule has 0 aliphatic carbocycles. The summed E-state index contributed by atoms with van der Waals surface area (Å²) < 4.78 is 11.4. The van der Waals surface area contributed by atoms with Crippen LogP contribution in [0, 0.1) is 0 Å². The van der Waals surface area contributed by atoms with Gasteiger partial charge in [0.1, 0.15) is 18.0 Å². The fourth-order valence-electron chi connectivity index (χ4n) is 4.15. The molecule has 3 fully saturated rings. The molecule has 3 aliphatic heterocycles. The molecule has 0 radical (unpaired) electrons. The monoisotopic (exact) mass is 422 g/mol. The quantitative estimate of drug-likeness (QED) is 0.800. The molecular weight excluding hydrogens is 396 g/mol. The van der Waals surface area contributed by atoms with Gasteiger partial charge in [-0.15, -0.1) is 0 Å². The molecule has 3 saturated heterocycles. The Morgan fingerprint density at radius 3 is 2.55 bits per heavy atom. The third-order valence-corrected chi connectivity index (χ3v) is 6.10. The second-order valence-electron chi connectivity index (χ2n) is 8.33. The van der Waals surface area contributed by atoms with Crippen molar-refractivity contribution in [3.8, 4) is 5.75 Å². The van der Waals surface area contributed by atoms with E-state index in [1.807, 2.05) is 42.6 Å². The minimum atomic E-state index is -0.269. The molecule has 31 heavy (non-hydrogen) atoms. The molecule has 3 amide bonds. The lowest BCUT2D eigenvalue weighted by molar-refractivity contribution is -0.149. The van der Waals surface area contributed by atoms with Crippen LogP contribution in [0.1, 0.15) is 24.3 Å². The second kappa shape index (κ2) is 8.55. The summed E-state index contributed by atoms with van der Waals surface area (Å²) in [4.78, 5) is 32.4. The first-order valence-electron chi connectivity index (χ1n) is 10.8. The number of likely N-dealkylation sites (tertiary alicyclic amines) is 2. The van der Waals surface area contributed by atoms with E-state index in [0.29, 0.717) is 38.7 Å². The SMILES string of the molecule is O=C(Nc1ccc(OC2CN(C(=O)[C@H]3CCCO3)C2)cc1)N1CC(c2cccnc2)C1. The molecule has 2 aromatic rings. The second-order valence-corrected chi connectivity index (χ2v) is 8.33. The van der Waals surface area contributed by atoms with Gasteiger partial charge in [0, 0.05) is 43.7 Å². The summed E-state index contributed by atoms with van der Waals surface area (Å²) in [5.41, 5.74) is 1.89. The lowest BCUT2D eigenvalue weighted by Crippen LogP contribution is -2.58. The van der Waals surface area contributed by atoms with E-state index in [1.165, 1.54) is 5.56 Å². The number of amides is 3. The number of benzene rings is 1. The van der Waals surface area contributed by atoms with Crippen molar-refractivity contribution < 1.29 is 19.1 Å². The molecule has 5 rings (SSSR count). The van der Waals surface area contributed by atoms with Crippen LogP contribution in [0.3, 0.4) is 0 Å². The molecule has 162 valence electrons. The van der Waals surface area contributed by atoms with E-state index in [-0.39, 0.29) is 24.1 Å². The van der Waals surface area contributed by atoms with Gasteiger partial charge in [0.25, 0.3) is 5.91 Å². The highest BCUT2D eigenvalue weighted by Crippen LogP contribution is 2.27. The van der Waals surface area contributed by atoms with Crippen LogP contribution in [0.2, 0.25) is 0 Å². The van der Waals surface area contributed by atoms with Crippen LogP contribution < -0.4 is 10.1 Å². The standard InChI is InChI=1S/C23H26N4O4/c28-22(21-4-2-10-30-21)26-14-20(15-26)31-19-7-5-18(6-8-19)25-23(29)27-12-17(13-27)16-3-1-9-24-11-16/h1,3,5-9,11,17,20-21H,2,4,10,12-15H2,(H,25,29)/t21-/m1/s1. The largest absolute Gasteiger partial charge is 0.487 e. The number of nitrogens with zero attached hydrogens (tertiary/aromatic N) is 3. The summed E-state index contributed by atoms with van der Waals surface area (Å²) in [6, 6.07) is 11.2. The average molecular weight is 422 g/mol. The number of urea groups is 1. The number of ether oxygens (including phenoxy) is 2. The van der Waals surface area contributed by atoms with Crippen LogP contribution in [-0.2, 0) is 9.53 Å². The van der Waals surface area contributed by atoms with Gasteiger partial charge < -0.3 is 24.6 Å². The third kappa shape index (κ3) is 4.34. The molecule has 8 heteroatoms. The van der Waals surface area contributed by atoms with Gasteiger partial charge in [0.2, 0.25) is 0 Å². The van der Waals surface area contributed by atoms with Crippen molar-refractivity contribution in [3.63, 3.8) is 0 Å². The molecule has 1 aromatic heterocycles. The van der Waals surface area contributed by atoms with Crippen LogP contribution in [0.15, 0.2) is 48.8 Å². The Morgan fingerprint density at radius 2 is 1.87 bits per heavy atom. The number of hydrogen-bond acceptors (Lipinski definition) is 5. The molecule has 1 N–H and O–H groups in total. The van der Waals surface area contributed by atoms with Crippen molar-refractivity contribution >= 4 is 17.6 Å². The number of hydrogen-bond donors (Lipinski definition) is 1. The molecule has 4 heterocycles. The first-order valence-corrected chi connectivity index (χ1v) is 10.8. The highest BCUT2D eigenvalue weighted by molar-refractivity contribution is 5.90. The Morgan fingerprint density at radius 1 is 1.06 bits per heavy atom. The van der Waals surface area contributed by atoms with E-state index in [4.69, 9.17) is 9.47 Å². The zero-order valence-corrected chi connectivity index (χ0v) is 17.3. The van der Waals surface area contributed by atoms with Crippen molar-refractivity contribution in [1.82, 2.24) is 14.8 Å². The van der Waals surface area contributed by atoms with Crippen molar-refractivity contribution in [2.45, 2.75) is 31.0 Å². The van der Waals surface area contributed by atoms with Gasteiger partial charge in [0.05, 0.1) is 13.1 Å². The lowest BCUT2D eigenvalue weighted by atomic mass is 9.93. The van der Waals surface area contributed by atoms with E-state index < -0.39 is 0 Å².